The number of nitrogens with zero attached hydrogens (tertiary/aromatic N) is 2. The van der Waals surface area contributed by atoms with Crippen LogP contribution in [0.1, 0.15) is 44.1 Å². The average molecular weight is 378 g/mol. The zero-order valence-corrected chi connectivity index (χ0v) is 15.8. The molecule has 5 nitrogen and oxygen atoms in total. The Morgan fingerprint density at radius 3 is 2.74 bits per heavy atom. The van der Waals surface area contributed by atoms with Crippen molar-refractivity contribution in [2.45, 2.75) is 51.1 Å². The molecule has 27 heavy (non-hydrogen) atoms. The number of nitrogens with one attached hydrogen (secondary N) is 2. The van der Waals surface area contributed by atoms with Gasteiger partial charge in [-0.05, 0) is 37.5 Å². The first-order chi connectivity index (χ1) is 13.1. The highest BCUT2D eigenvalue weighted by Crippen LogP contribution is 2.26. The number of amides is 1. The van der Waals surface area contributed by atoms with Crippen LogP contribution in [-0.4, -0.2) is 42.9 Å². The minimum Gasteiger partial charge on any atom is -0.352 e. The van der Waals surface area contributed by atoms with Gasteiger partial charge < -0.3 is 15.5 Å². The quantitative estimate of drug-likeness (QED) is 0.626. The first kappa shape index (κ1) is 19.6. The van der Waals surface area contributed by atoms with Crippen molar-refractivity contribution >= 4 is 11.9 Å². The van der Waals surface area contributed by atoms with Gasteiger partial charge in [-0.2, -0.15) is 0 Å². The first-order valence-electron chi connectivity index (χ1n) is 9.76. The summed E-state index contributed by atoms with van der Waals surface area (Å²) in [6, 6.07) is 3.51. The predicted molar refractivity (Wildman–Crippen MR) is 101 cm³/mol. The van der Waals surface area contributed by atoms with Crippen molar-refractivity contribution in [3.63, 3.8) is 0 Å². The van der Waals surface area contributed by atoms with Crippen LogP contribution in [0.2, 0.25) is 0 Å². The van der Waals surface area contributed by atoms with E-state index in [-0.39, 0.29) is 30.0 Å². The second-order valence-electron chi connectivity index (χ2n) is 7.41. The van der Waals surface area contributed by atoms with Gasteiger partial charge in [-0.15, -0.1) is 0 Å². The molecule has 7 heteroatoms. The molecule has 1 unspecified atom stereocenters. The molecule has 0 bridgehead atoms. The van der Waals surface area contributed by atoms with Crippen molar-refractivity contribution in [1.82, 2.24) is 15.5 Å². The van der Waals surface area contributed by atoms with Gasteiger partial charge in [0.25, 0.3) is 0 Å². The Bertz CT molecular complexity index is 689. The molecule has 1 amide bonds. The normalized spacial score (nSPS) is 21.4. The van der Waals surface area contributed by atoms with Gasteiger partial charge in [0.1, 0.15) is 11.6 Å². The highest BCUT2D eigenvalue weighted by Gasteiger charge is 2.31. The summed E-state index contributed by atoms with van der Waals surface area (Å²) < 4.78 is 27.0. The van der Waals surface area contributed by atoms with Gasteiger partial charge in [0.2, 0.25) is 5.91 Å². The Hall–Kier alpha value is -2.18. The van der Waals surface area contributed by atoms with Crippen molar-refractivity contribution in [2.75, 3.05) is 20.1 Å². The SMILES string of the molecule is CN=C(NCc1cc(F)ccc1F)NC1CCN(C(=O)C2CCCCC2)C1. The van der Waals surface area contributed by atoms with E-state index in [9.17, 15) is 13.6 Å². The van der Waals surface area contributed by atoms with Crippen LogP contribution in [0.25, 0.3) is 0 Å². The van der Waals surface area contributed by atoms with E-state index in [2.05, 4.69) is 15.6 Å². The summed E-state index contributed by atoms with van der Waals surface area (Å²) in [4.78, 5) is 18.8. The molecule has 148 valence electrons. The molecule has 3 rings (SSSR count). The summed E-state index contributed by atoms with van der Waals surface area (Å²) in [5, 5.41) is 6.30. The number of aliphatic imine (C=N–C) groups is 1. The van der Waals surface area contributed by atoms with Crippen molar-refractivity contribution in [3.8, 4) is 0 Å². The monoisotopic (exact) mass is 378 g/mol. The standard InChI is InChI=1S/C20H28F2N4O/c1-23-20(24-12-15-11-16(21)7-8-18(15)22)25-17-9-10-26(13-17)19(27)14-5-3-2-4-6-14/h7-8,11,14,17H,2-6,9-10,12-13H2,1H3,(H2,23,24,25). The molecule has 1 saturated carbocycles. The van der Waals surface area contributed by atoms with Crippen LogP contribution >= 0.6 is 0 Å². The Morgan fingerprint density at radius 1 is 1.22 bits per heavy atom. The number of carbonyl (C=O) groups excluding carboxylic acids is 1. The summed E-state index contributed by atoms with van der Waals surface area (Å²) in [6.07, 6.45) is 6.42. The van der Waals surface area contributed by atoms with Gasteiger partial charge in [0.05, 0.1) is 0 Å². The number of likely N-dealkylation sites (tertiary alicyclic amines) is 1. The summed E-state index contributed by atoms with van der Waals surface area (Å²) in [5.74, 6) is 0.0681. The number of rotatable bonds is 4. The van der Waals surface area contributed by atoms with E-state index in [1.807, 2.05) is 4.90 Å². The number of guanidine groups is 1. The summed E-state index contributed by atoms with van der Waals surface area (Å²) >= 11 is 0. The van der Waals surface area contributed by atoms with Crippen molar-refractivity contribution in [2.24, 2.45) is 10.9 Å². The highest BCUT2D eigenvalue weighted by atomic mass is 19.1. The zero-order chi connectivity index (χ0) is 19.2. The number of hydrogen-bond donors (Lipinski definition) is 2. The lowest BCUT2D eigenvalue weighted by Crippen LogP contribution is -2.45. The van der Waals surface area contributed by atoms with Crippen LogP contribution < -0.4 is 10.6 Å². The number of hydrogen-bond acceptors (Lipinski definition) is 2. The van der Waals surface area contributed by atoms with E-state index in [1.165, 1.54) is 12.5 Å². The molecule has 2 aliphatic rings. The Labute approximate surface area is 159 Å². The number of carbonyl (C=O) groups is 1. The predicted octanol–water partition coefficient (Wildman–Crippen LogP) is 2.81. The lowest BCUT2D eigenvalue weighted by molar-refractivity contribution is -0.135. The number of halogens is 2. The van der Waals surface area contributed by atoms with Crippen LogP contribution in [0.3, 0.4) is 0 Å². The number of benzene rings is 1. The van der Waals surface area contributed by atoms with E-state index in [1.54, 1.807) is 7.05 Å². The van der Waals surface area contributed by atoms with Crippen molar-refractivity contribution in [3.05, 3.63) is 35.4 Å². The van der Waals surface area contributed by atoms with Gasteiger partial charge in [-0.3, -0.25) is 9.79 Å². The van der Waals surface area contributed by atoms with Gasteiger partial charge in [0.15, 0.2) is 5.96 Å². The molecule has 2 fully saturated rings. The minimum absolute atomic E-state index is 0.112. The Balaban J connectivity index is 1.49. The first-order valence-corrected chi connectivity index (χ1v) is 9.76. The zero-order valence-electron chi connectivity index (χ0n) is 15.8. The second kappa shape index (κ2) is 9.15. The van der Waals surface area contributed by atoms with E-state index in [0.717, 1.165) is 50.8 Å². The van der Waals surface area contributed by atoms with Crippen LogP contribution in [0.15, 0.2) is 23.2 Å². The summed E-state index contributed by atoms with van der Waals surface area (Å²) in [5.41, 5.74) is 0.249. The lowest BCUT2D eigenvalue weighted by atomic mass is 9.88. The smallest absolute Gasteiger partial charge is 0.225 e. The molecule has 1 saturated heterocycles. The van der Waals surface area contributed by atoms with Gasteiger partial charge in [-0.1, -0.05) is 19.3 Å². The van der Waals surface area contributed by atoms with Crippen molar-refractivity contribution in [1.29, 1.82) is 0 Å². The van der Waals surface area contributed by atoms with E-state index in [4.69, 9.17) is 0 Å². The largest absolute Gasteiger partial charge is 0.352 e. The molecule has 2 N–H and O–H groups in total. The molecule has 0 spiro atoms. The van der Waals surface area contributed by atoms with Crippen LogP contribution in [-0.2, 0) is 11.3 Å². The van der Waals surface area contributed by atoms with Crippen LogP contribution in [0.5, 0.6) is 0 Å². The van der Waals surface area contributed by atoms with Crippen LogP contribution in [0, 0.1) is 17.6 Å². The molecule has 1 aliphatic heterocycles. The molecule has 1 aliphatic carbocycles. The molecule has 0 aromatic heterocycles. The van der Waals surface area contributed by atoms with Crippen LogP contribution in [0.4, 0.5) is 8.78 Å². The van der Waals surface area contributed by atoms with Gasteiger partial charge in [-0.25, -0.2) is 8.78 Å². The molecule has 1 aromatic rings. The topological polar surface area (TPSA) is 56.7 Å². The molecular weight excluding hydrogens is 350 g/mol. The van der Waals surface area contributed by atoms with Gasteiger partial charge in [0, 0.05) is 44.2 Å². The van der Waals surface area contributed by atoms with Crippen molar-refractivity contribution < 1.29 is 13.6 Å². The summed E-state index contributed by atoms with van der Waals surface area (Å²) in [6.45, 7) is 1.55. The molecule has 1 heterocycles. The minimum atomic E-state index is -0.469. The third-order valence-electron chi connectivity index (χ3n) is 5.47. The molecule has 1 aromatic carbocycles. The third kappa shape index (κ3) is 5.17. The van der Waals surface area contributed by atoms with Gasteiger partial charge >= 0.3 is 0 Å². The fourth-order valence-electron chi connectivity index (χ4n) is 3.93. The third-order valence-corrected chi connectivity index (χ3v) is 5.47. The Morgan fingerprint density at radius 2 is 2.00 bits per heavy atom. The fourth-order valence-corrected chi connectivity index (χ4v) is 3.93. The summed E-state index contributed by atoms with van der Waals surface area (Å²) in [7, 11) is 1.64. The molecular formula is C20H28F2N4O. The van der Waals surface area contributed by atoms with E-state index >= 15 is 0 Å². The maximum Gasteiger partial charge on any atom is 0.225 e. The second-order valence-corrected chi connectivity index (χ2v) is 7.41. The Kier molecular flexibility index (Phi) is 6.63. The maximum absolute atomic E-state index is 13.7. The molecule has 1 atom stereocenters. The fraction of sp³-hybridized carbons (Fsp3) is 0.600. The lowest BCUT2D eigenvalue weighted by Gasteiger charge is -2.26. The van der Waals surface area contributed by atoms with E-state index < -0.39 is 11.6 Å². The highest BCUT2D eigenvalue weighted by molar-refractivity contribution is 5.81. The average Bonchev–Trinajstić information content (AvgIpc) is 3.16. The molecule has 0 radical (unpaired) electrons. The maximum atomic E-state index is 13.7. The van der Waals surface area contributed by atoms with E-state index in [0.29, 0.717) is 12.5 Å².